The molecule has 0 aromatic heterocycles. The first kappa shape index (κ1) is 9.86. The minimum Gasteiger partial charge on any atom is -0.460 e. The van der Waals surface area contributed by atoms with Crippen LogP contribution in [0.5, 0.6) is 5.75 Å². The molecule has 0 N–H and O–H groups in total. The summed E-state index contributed by atoms with van der Waals surface area (Å²) in [6, 6.07) is 9.45. The van der Waals surface area contributed by atoms with Gasteiger partial charge < -0.3 is 4.74 Å². The number of benzene rings is 1. The Kier molecular flexibility index (Phi) is 3.09. The molecule has 0 fully saturated rings. The number of rotatable bonds is 2. The van der Waals surface area contributed by atoms with Gasteiger partial charge in [0, 0.05) is 12.3 Å². The maximum atomic E-state index is 10.6. The fourth-order valence-electron chi connectivity index (χ4n) is 1.21. The molecule has 4 heteroatoms. The van der Waals surface area contributed by atoms with Crippen LogP contribution in [0.1, 0.15) is 0 Å². The van der Waals surface area contributed by atoms with Crippen LogP contribution in [0.15, 0.2) is 47.2 Å². The van der Waals surface area contributed by atoms with Gasteiger partial charge in [0.1, 0.15) is 11.5 Å². The molecule has 3 nitrogen and oxygen atoms in total. The predicted molar refractivity (Wildman–Crippen MR) is 61.7 cm³/mol. The van der Waals surface area contributed by atoms with Crippen LogP contribution in [-0.2, 0) is 11.3 Å². The van der Waals surface area contributed by atoms with Crippen molar-refractivity contribution in [3.8, 4) is 5.75 Å². The minimum absolute atomic E-state index is 0.421. The van der Waals surface area contributed by atoms with Crippen molar-refractivity contribution < 1.29 is 8.95 Å². The van der Waals surface area contributed by atoms with Gasteiger partial charge in [0.05, 0.1) is 22.7 Å². The maximum Gasteiger partial charge on any atom is 0.127 e. The van der Waals surface area contributed by atoms with Crippen LogP contribution in [0.2, 0.25) is 0 Å². The van der Waals surface area contributed by atoms with Crippen molar-refractivity contribution in [2.45, 2.75) is 0 Å². The van der Waals surface area contributed by atoms with Crippen molar-refractivity contribution in [1.29, 1.82) is 0 Å². The highest BCUT2D eigenvalue weighted by atomic mass is 32.1. The fraction of sp³-hybridized carbons (Fsp3) is 0.0909. The third-order valence-corrected chi connectivity index (χ3v) is 2.27. The number of aliphatic imine (C=N–C) groups is 1. The van der Waals surface area contributed by atoms with Crippen LogP contribution < -0.4 is 4.74 Å². The Bertz CT molecular complexity index is 459. The largest absolute Gasteiger partial charge is 0.460 e. The highest BCUT2D eigenvalue weighted by Gasteiger charge is 2.05. The SMILES string of the molecule is O=S=C1C=NCC(Oc2ccccc2)=C1. The van der Waals surface area contributed by atoms with Gasteiger partial charge in [-0.3, -0.25) is 4.99 Å². The van der Waals surface area contributed by atoms with E-state index in [1.807, 2.05) is 30.3 Å². The van der Waals surface area contributed by atoms with Gasteiger partial charge in [-0.25, -0.2) is 4.21 Å². The summed E-state index contributed by atoms with van der Waals surface area (Å²) in [6.07, 6.45) is 3.28. The number of ether oxygens (including phenoxy) is 1. The van der Waals surface area contributed by atoms with Crippen LogP contribution in [0.3, 0.4) is 0 Å². The van der Waals surface area contributed by atoms with E-state index in [2.05, 4.69) is 4.99 Å². The molecule has 15 heavy (non-hydrogen) atoms. The summed E-state index contributed by atoms with van der Waals surface area (Å²) in [6.45, 7) is 0.485. The molecule has 76 valence electrons. The monoisotopic (exact) mass is 219 g/mol. The molecule has 0 bridgehead atoms. The maximum absolute atomic E-state index is 10.6. The summed E-state index contributed by atoms with van der Waals surface area (Å²) in [7, 11) is 0. The lowest BCUT2D eigenvalue weighted by atomic mass is 10.3. The Morgan fingerprint density at radius 2 is 2.07 bits per heavy atom. The average molecular weight is 219 g/mol. The highest BCUT2D eigenvalue weighted by Crippen LogP contribution is 2.13. The zero-order valence-electron chi connectivity index (χ0n) is 7.92. The molecule has 0 spiro atoms. The van der Waals surface area contributed by atoms with Crippen molar-refractivity contribution in [3.05, 3.63) is 42.2 Å². The Morgan fingerprint density at radius 1 is 1.27 bits per heavy atom. The second kappa shape index (κ2) is 4.70. The third kappa shape index (κ3) is 2.63. The van der Waals surface area contributed by atoms with Crippen LogP contribution in [0.25, 0.3) is 0 Å². The van der Waals surface area contributed by atoms with E-state index in [4.69, 9.17) is 4.74 Å². The second-order valence-corrected chi connectivity index (χ2v) is 3.62. The van der Waals surface area contributed by atoms with E-state index in [-0.39, 0.29) is 0 Å². The van der Waals surface area contributed by atoms with Crippen LogP contribution in [0, 0.1) is 0 Å². The van der Waals surface area contributed by atoms with Gasteiger partial charge in [-0.05, 0) is 12.1 Å². The van der Waals surface area contributed by atoms with E-state index in [9.17, 15) is 4.21 Å². The zero-order valence-corrected chi connectivity index (χ0v) is 8.74. The minimum atomic E-state index is 0.421. The predicted octanol–water partition coefficient (Wildman–Crippen LogP) is 1.42. The van der Waals surface area contributed by atoms with E-state index < -0.39 is 0 Å². The number of hydrogen-bond acceptors (Lipinski definition) is 3. The lowest BCUT2D eigenvalue weighted by Gasteiger charge is -2.10. The van der Waals surface area contributed by atoms with Gasteiger partial charge in [0.2, 0.25) is 0 Å². The first-order chi connectivity index (χ1) is 7.38. The molecular weight excluding hydrogens is 210 g/mol. The van der Waals surface area contributed by atoms with Crippen molar-refractivity contribution in [1.82, 2.24) is 0 Å². The standard InChI is InChI=1S/C11H9NO2S/c13-15-11-6-10(7-12-8-11)14-9-4-2-1-3-5-9/h1-6,8H,7H2. The van der Waals surface area contributed by atoms with E-state index in [0.29, 0.717) is 28.4 Å². The summed E-state index contributed by atoms with van der Waals surface area (Å²) >= 11 is 0.421. The molecule has 0 saturated carbocycles. The Balaban J connectivity index is 2.14. The Morgan fingerprint density at radius 3 is 2.80 bits per heavy atom. The first-order valence-corrected chi connectivity index (χ1v) is 5.23. The smallest absolute Gasteiger partial charge is 0.127 e. The number of hydrogen-bond donors (Lipinski definition) is 0. The van der Waals surface area contributed by atoms with E-state index in [0.717, 1.165) is 5.75 Å². The van der Waals surface area contributed by atoms with E-state index >= 15 is 0 Å². The number of dihydropyridines is 1. The lowest BCUT2D eigenvalue weighted by molar-refractivity contribution is 0.419. The average Bonchev–Trinajstić information content (AvgIpc) is 2.31. The summed E-state index contributed by atoms with van der Waals surface area (Å²) < 4.78 is 16.1. The van der Waals surface area contributed by atoms with Crippen LogP contribution in [-0.4, -0.2) is 21.8 Å². The molecule has 0 saturated heterocycles. The Hall–Kier alpha value is -1.68. The molecule has 0 aliphatic carbocycles. The molecule has 2 rings (SSSR count). The first-order valence-electron chi connectivity index (χ1n) is 4.48. The number of allylic oxidation sites excluding steroid dienone is 1. The quantitative estimate of drug-likeness (QED) is 0.705. The van der Waals surface area contributed by atoms with E-state index in [1.165, 1.54) is 0 Å². The summed E-state index contributed by atoms with van der Waals surface area (Å²) in [5.41, 5.74) is 0. The van der Waals surface area contributed by atoms with Gasteiger partial charge in [0.15, 0.2) is 0 Å². The van der Waals surface area contributed by atoms with E-state index in [1.54, 1.807) is 12.3 Å². The molecule has 1 aromatic carbocycles. The van der Waals surface area contributed by atoms with Crippen LogP contribution >= 0.6 is 0 Å². The molecule has 1 aliphatic rings. The number of para-hydroxylation sites is 1. The van der Waals surface area contributed by atoms with Crippen molar-refractivity contribution in [3.63, 3.8) is 0 Å². The Labute approximate surface area is 91.2 Å². The normalized spacial score (nSPS) is 14.7. The topological polar surface area (TPSA) is 38.7 Å². The molecule has 1 aromatic rings. The zero-order chi connectivity index (χ0) is 10.5. The van der Waals surface area contributed by atoms with Gasteiger partial charge in [-0.15, -0.1) is 0 Å². The summed E-state index contributed by atoms with van der Waals surface area (Å²) in [5.74, 6) is 1.46. The number of nitrogens with zero attached hydrogens (tertiary/aromatic N) is 1. The third-order valence-electron chi connectivity index (χ3n) is 1.86. The molecule has 1 aliphatic heterocycles. The van der Waals surface area contributed by atoms with Gasteiger partial charge >= 0.3 is 0 Å². The fourth-order valence-corrected chi connectivity index (χ4v) is 1.51. The summed E-state index contributed by atoms with van der Waals surface area (Å²) in [5, 5.41) is 0. The molecule has 0 atom stereocenters. The molecule has 0 amide bonds. The highest BCUT2D eigenvalue weighted by molar-refractivity contribution is 7.68. The van der Waals surface area contributed by atoms with Crippen LogP contribution in [0.4, 0.5) is 0 Å². The van der Waals surface area contributed by atoms with Crippen molar-refractivity contribution >= 4 is 22.3 Å². The molecular formula is C11H9NO2S. The molecule has 1 heterocycles. The van der Waals surface area contributed by atoms with Crippen molar-refractivity contribution in [2.75, 3.05) is 6.54 Å². The lowest BCUT2D eigenvalue weighted by Crippen LogP contribution is -2.10. The molecule has 0 unspecified atom stereocenters. The molecule has 0 radical (unpaired) electrons. The van der Waals surface area contributed by atoms with Gasteiger partial charge in [-0.1, -0.05) is 18.2 Å². The van der Waals surface area contributed by atoms with Gasteiger partial charge in [-0.2, -0.15) is 0 Å². The van der Waals surface area contributed by atoms with Crippen molar-refractivity contribution in [2.24, 2.45) is 4.99 Å². The second-order valence-electron chi connectivity index (χ2n) is 2.98. The summed E-state index contributed by atoms with van der Waals surface area (Å²) in [4.78, 5) is 4.61. The van der Waals surface area contributed by atoms with Gasteiger partial charge in [0.25, 0.3) is 0 Å².